The first kappa shape index (κ1) is 23.5. The van der Waals surface area contributed by atoms with Crippen LogP contribution in [0.4, 0.5) is 0 Å². The summed E-state index contributed by atoms with van der Waals surface area (Å²) in [5.41, 5.74) is 5.84. The first-order valence-corrected chi connectivity index (χ1v) is 16.1. The number of nitrogens with zero attached hydrogens (tertiary/aromatic N) is 2. The summed E-state index contributed by atoms with van der Waals surface area (Å²) in [5.74, 6) is 0.943. The number of hydrogen-bond donors (Lipinski definition) is 0. The van der Waals surface area contributed by atoms with Crippen molar-refractivity contribution in [3.63, 3.8) is 0 Å². The monoisotopic (exact) mass is 582 g/mol. The van der Waals surface area contributed by atoms with E-state index in [4.69, 9.17) is 4.98 Å². The van der Waals surface area contributed by atoms with E-state index in [1.54, 1.807) is 0 Å². The average Bonchev–Trinajstić information content (AvgIpc) is 3.73. The number of benzene rings is 6. The predicted molar refractivity (Wildman–Crippen MR) is 187 cm³/mol. The Morgan fingerprint density at radius 1 is 0.442 bits per heavy atom. The lowest BCUT2D eigenvalue weighted by atomic mass is 9.99. The van der Waals surface area contributed by atoms with Crippen LogP contribution in [0, 0.1) is 0 Å². The van der Waals surface area contributed by atoms with Crippen LogP contribution in [0.15, 0.2) is 133 Å². The van der Waals surface area contributed by atoms with Gasteiger partial charge in [-0.05, 0) is 42.0 Å². The number of hydrogen-bond acceptors (Lipinski definition) is 3. The van der Waals surface area contributed by atoms with Crippen molar-refractivity contribution in [2.24, 2.45) is 0 Å². The van der Waals surface area contributed by atoms with Crippen LogP contribution in [0.25, 0.3) is 90.0 Å². The van der Waals surface area contributed by atoms with Crippen molar-refractivity contribution in [2.75, 3.05) is 0 Å². The minimum absolute atomic E-state index is 0.943. The lowest BCUT2D eigenvalue weighted by Crippen LogP contribution is -1.99. The van der Waals surface area contributed by atoms with E-state index in [-0.39, 0.29) is 0 Å². The van der Waals surface area contributed by atoms with Crippen molar-refractivity contribution in [1.29, 1.82) is 0 Å². The predicted octanol–water partition coefficient (Wildman–Crippen LogP) is 11.7. The van der Waals surface area contributed by atoms with Gasteiger partial charge in [0.2, 0.25) is 0 Å². The van der Waals surface area contributed by atoms with E-state index in [0.717, 1.165) is 11.3 Å². The minimum Gasteiger partial charge on any atom is -0.294 e. The van der Waals surface area contributed by atoms with Gasteiger partial charge in [-0.15, -0.1) is 22.7 Å². The van der Waals surface area contributed by atoms with Crippen LogP contribution in [0.3, 0.4) is 0 Å². The lowest BCUT2D eigenvalue weighted by molar-refractivity contribution is 1.10. The summed E-state index contributed by atoms with van der Waals surface area (Å²) in [5, 5.41) is 9.00. The van der Waals surface area contributed by atoms with Gasteiger partial charge in [-0.2, -0.15) is 0 Å². The Kier molecular flexibility index (Phi) is 4.78. The van der Waals surface area contributed by atoms with Crippen molar-refractivity contribution in [1.82, 2.24) is 9.55 Å². The Morgan fingerprint density at radius 2 is 1.07 bits per heavy atom. The standard InChI is InChI=1S/C39H22N2S2/c1-5-16-31-23(10-1)30(27-15-9-14-26-24-11-3-7-18-34(24)42-38(26)27)22-36(40-31)41-32-17-6-2-13-29(32)37-33(41)21-20-28-25-12-4-8-19-35(25)43-39(28)37/h1-22H. The van der Waals surface area contributed by atoms with Crippen LogP contribution >= 0.6 is 22.7 Å². The molecule has 4 heterocycles. The van der Waals surface area contributed by atoms with Gasteiger partial charge in [-0.1, -0.05) is 97.1 Å². The molecule has 0 bridgehead atoms. The molecule has 0 amide bonds. The molecule has 4 heteroatoms. The molecule has 200 valence electrons. The summed E-state index contributed by atoms with van der Waals surface area (Å²) in [6, 6.07) is 48.5. The number of aromatic nitrogens is 2. The molecule has 0 unspecified atom stereocenters. The zero-order valence-electron chi connectivity index (χ0n) is 22.9. The number of pyridine rings is 1. The van der Waals surface area contributed by atoms with E-state index in [2.05, 4.69) is 138 Å². The van der Waals surface area contributed by atoms with Crippen LogP contribution in [-0.4, -0.2) is 9.55 Å². The Labute approximate surface area is 254 Å². The van der Waals surface area contributed by atoms with Crippen LogP contribution in [-0.2, 0) is 0 Å². The minimum atomic E-state index is 0.943. The molecule has 6 aromatic carbocycles. The Balaban J connectivity index is 1.33. The molecule has 0 atom stereocenters. The molecule has 43 heavy (non-hydrogen) atoms. The number of rotatable bonds is 2. The summed E-state index contributed by atoms with van der Waals surface area (Å²) in [6.45, 7) is 0. The van der Waals surface area contributed by atoms with Crippen LogP contribution in [0.5, 0.6) is 0 Å². The smallest absolute Gasteiger partial charge is 0.138 e. The number of para-hydroxylation sites is 2. The van der Waals surface area contributed by atoms with Gasteiger partial charge >= 0.3 is 0 Å². The molecule has 4 aromatic heterocycles. The fraction of sp³-hybridized carbons (Fsp3) is 0. The molecule has 10 rings (SSSR count). The maximum Gasteiger partial charge on any atom is 0.138 e. The van der Waals surface area contributed by atoms with Crippen LogP contribution in [0.1, 0.15) is 0 Å². The molecule has 0 saturated heterocycles. The number of thiophene rings is 2. The second-order valence-corrected chi connectivity index (χ2v) is 13.2. The molecule has 10 aromatic rings. The van der Waals surface area contributed by atoms with Gasteiger partial charge in [-0.3, -0.25) is 4.57 Å². The highest BCUT2D eigenvalue weighted by molar-refractivity contribution is 7.27. The third-order valence-electron chi connectivity index (χ3n) is 8.81. The maximum absolute atomic E-state index is 5.32. The highest BCUT2D eigenvalue weighted by Crippen LogP contribution is 2.45. The van der Waals surface area contributed by atoms with E-state index < -0.39 is 0 Å². The van der Waals surface area contributed by atoms with Gasteiger partial charge in [0.15, 0.2) is 0 Å². The van der Waals surface area contributed by atoms with E-state index in [0.29, 0.717) is 0 Å². The molecule has 0 spiro atoms. The molecular weight excluding hydrogens is 561 g/mol. The van der Waals surface area contributed by atoms with Gasteiger partial charge in [0.1, 0.15) is 5.82 Å². The summed E-state index contributed by atoms with van der Waals surface area (Å²) >= 11 is 3.77. The highest BCUT2D eigenvalue weighted by atomic mass is 32.1. The third kappa shape index (κ3) is 3.25. The molecule has 2 nitrogen and oxygen atoms in total. The molecule has 0 N–H and O–H groups in total. The van der Waals surface area contributed by atoms with Crippen molar-refractivity contribution >= 4 is 95.7 Å². The summed E-state index contributed by atoms with van der Waals surface area (Å²) in [7, 11) is 0. The summed E-state index contributed by atoms with van der Waals surface area (Å²) in [4.78, 5) is 5.32. The first-order valence-electron chi connectivity index (χ1n) is 14.5. The fourth-order valence-electron chi connectivity index (χ4n) is 6.94. The van der Waals surface area contributed by atoms with E-state index in [1.165, 1.54) is 78.7 Å². The maximum atomic E-state index is 5.32. The molecule has 0 saturated carbocycles. The van der Waals surface area contributed by atoms with Crippen molar-refractivity contribution in [2.45, 2.75) is 0 Å². The van der Waals surface area contributed by atoms with E-state index in [1.807, 2.05) is 22.7 Å². The Bertz CT molecular complexity index is 2740. The lowest BCUT2D eigenvalue weighted by Gasteiger charge is -2.13. The van der Waals surface area contributed by atoms with E-state index >= 15 is 0 Å². The molecule has 0 fully saturated rings. The largest absolute Gasteiger partial charge is 0.294 e. The third-order valence-corrected chi connectivity index (χ3v) is 11.2. The van der Waals surface area contributed by atoms with Crippen molar-refractivity contribution in [3.05, 3.63) is 133 Å². The quantitative estimate of drug-likeness (QED) is 0.198. The number of fused-ring (bicyclic) bond motifs is 11. The van der Waals surface area contributed by atoms with Crippen LogP contribution < -0.4 is 0 Å². The topological polar surface area (TPSA) is 17.8 Å². The highest BCUT2D eigenvalue weighted by Gasteiger charge is 2.20. The first-order chi connectivity index (χ1) is 21.3. The SMILES string of the molecule is c1ccc2c(-c3cccc4c3sc3ccccc34)cc(-n3c4ccccc4c4c5sc6ccccc6c5ccc43)nc2c1. The molecule has 0 aliphatic rings. The fourth-order valence-corrected chi connectivity index (χ4v) is 9.43. The normalized spacial score (nSPS) is 12.2. The van der Waals surface area contributed by atoms with Crippen LogP contribution in [0.2, 0.25) is 0 Å². The van der Waals surface area contributed by atoms with Gasteiger partial charge in [0, 0.05) is 62.1 Å². The Morgan fingerprint density at radius 3 is 1.88 bits per heavy atom. The Hall–Kier alpha value is -5.03. The average molecular weight is 583 g/mol. The van der Waals surface area contributed by atoms with E-state index in [9.17, 15) is 0 Å². The summed E-state index contributed by atoms with van der Waals surface area (Å²) < 4.78 is 7.67. The molecule has 0 aliphatic carbocycles. The molecular formula is C39H22N2S2. The van der Waals surface area contributed by atoms with Gasteiger partial charge in [-0.25, -0.2) is 4.98 Å². The molecule has 0 aliphatic heterocycles. The van der Waals surface area contributed by atoms with Gasteiger partial charge < -0.3 is 0 Å². The second kappa shape index (κ2) is 8.74. The van der Waals surface area contributed by atoms with Crippen molar-refractivity contribution in [3.8, 4) is 16.9 Å². The zero-order chi connectivity index (χ0) is 28.1. The summed E-state index contributed by atoms with van der Waals surface area (Å²) in [6.07, 6.45) is 0. The second-order valence-electron chi connectivity index (χ2n) is 11.1. The zero-order valence-corrected chi connectivity index (χ0v) is 24.5. The molecule has 0 radical (unpaired) electrons. The van der Waals surface area contributed by atoms with Crippen molar-refractivity contribution < 1.29 is 0 Å². The van der Waals surface area contributed by atoms with Gasteiger partial charge in [0.25, 0.3) is 0 Å². The van der Waals surface area contributed by atoms with Gasteiger partial charge in [0.05, 0.1) is 16.6 Å².